The quantitative estimate of drug-likeness (QED) is 0.460. The van der Waals surface area contributed by atoms with Crippen LogP contribution in [0.25, 0.3) is 0 Å². The summed E-state index contributed by atoms with van der Waals surface area (Å²) in [5.41, 5.74) is 1.60. The molecule has 0 unspecified atom stereocenters. The zero-order chi connectivity index (χ0) is 22.8. The maximum Gasteiger partial charge on any atom is 0.332 e. The largest absolute Gasteiger partial charge is 0.467 e. The lowest BCUT2D eigenvalue weighted by Crippen LogP contribution is -2.54. The number of rotatable bonds is 6. The van der Waals surface area contributed by atoms with Gasteiger partial charge in [-0.05, 0) is 29.3 Å². The molecule has 2 aliphatic heterocycles. The van der Waals surface area contributed by atoms with Gasteiger partial charge >= 0.3 is 5.97 Å². The van der Waals surface area contributed by atoms with E-state index in [1.165, 1.54) is 7.11 Å². The minimum absolute atomic E-state index is 0.131. The lowest BCUT2D eigenvalue weighted by atomic mass is 9.72. The summed E-state index contributed by atoms with van der Waals surface area (Å²) in [6.45, 7) is 0.131. The zero-order valence-corrected chi connectivity index (χ0v) is 18.1. The number of carbonyl (C=O) groups excluding carboxylic acids is 2. The van der Waals surface area contributed by atoms with Gasteiger partial charge in [0, 0.05) is 29.7 Å². The number of nitrogens with one attached hydrogen (secondary N) is 1. The Morgan fingerprint density at radius 2 is 1.67 bits per heavy atom. The van der Waals surface area contributed by atoms with Crippen molar-refractivity contribution >= 4 is 11.8 Å². The molecule has 1 N–H and O–H groups in total. The lowest BCUT2D eigenvalue weighted by Gasteiger charge is -2.35. The first-order valence-corrected chi connectivity index (χ1v) is 10.7. The van der Waals surface area contributed by atoms with E-state index < -0.39 is 17.4 Å². The topological polar surface area (TPSA) is 73.9 Å². The molecule has 0 aromatic heterocycles. The maximum atomic E-state index is 13.7. The summed E-state index contributed by atoms with van der Waals surface area (Å²) in [7, 11) is 1.37. The Hall–Kier alpha value is -4.06. The molecule has 3 aromatic rings. The molecule has 0 bridgehead atoms. The van der Waals surface area contributed by atoms with Crippen LogP contribution < -0.4 is 14.8 Å². The van der Waals surface area contributed by atoms with Crippen LogP contribution in [0.4, 0.5) is 0 Å². The molecule has 0 amide bonds. The van der Waals surface area contributed by atoms with Gasteiger partial charge < -0.3 is 19.5 Å². The fourth-order valence-corrected chi connectivity index (χ4v) is 4.65. The molecule has 3 aromatic carbocycles. The smallest absolute Gasteiger partial charge is 0.332 e. The summed E-state index contributed by atoms with van der Waals surface area (Å²) >= 11 is 0. The van der Waals surface area contributed by atoms with E-state index in [9.17, 15) is 9.59 Å². The number of hydrogen-bond acceptors (Lipinski definition) is 6. The Kier molecular flexibility index (Phi) is 5.34. The number of benzene rings is 3. The minimum atomic E-state index is -1.17. The van der Waals surface area contributed by atoms with Gasteiger partial charge in [0.1, 0.15) is 0 Å². The molecule has 0 radical (unpaired) electrons. The minimum Gasteiger partial charge on any atom is -0.467 e. The number of ether oxygens (including phenoxy) is 3. The molecule has 166 valence electrons. The van der Waals surface area contributed by atoms with Crippen molar-refractivity contribution in [1.29, 1.82) is 0 Å². The molecule has 0 saturated heterocycles. The van der Waals surface area contributed by atoms with Crippen molar-refractivity contribution in [3.05, 3.63) is 107 Å². The first-order valence-electron chi connectivity index (χ1n) is 10.7. The average Bonchev–Trinajstić information content (AvgIpc) is 3.49. The fraction of sp³-hybridized carbons (Fsp3) is 0.185. The average molecular weight is 441 g/mol. The standard InChI is InChI=1S/C27H23NO5/c1-31-26(30)27(15-18-8-4-2-5-9-18)24(19-10-6-3-7-11-19)21(16-28-27)25(29)20-12-13-22-23(14-20)33-17-32-22/h2-14,16,24,28H,15,17H2,1H3/t24-,27+/m0/s1. The van der Waals surface area contributed by atoms with Crippen molar-refractivity contribution < 1.29 is 23.8 Å². The van der Waals surface area contributed by atoms with Crippen LogP contribution in [0, 0.1) is 0 Å². The summed E-state index contributed by atoms with van der Waals surface area (Å²) in [6.07, 6.45) is 2.01. The molecule has 6 heteroatoms. The normalized spacial score (nSPS) is 20.6. The van der Waals surface area contributed by atoms with Crippen molar-refractivity contribution in [3.8, 4) is 11.5 Å². The third-order valence-electron chi connectivity index (χ3n) is 6.19. The van der Waals surface area contributed by atoms with Gasteiger partial charge in [-0.25, -0.2) is 4.79 Å². The highest BCUT2D eigenvalue weighted by molar-refractivity contribution is 6.11. The molecule has 0 fully saturated rings. The zero-order valence-electron chi connectivity index (χ0n) is 18.1. The van der Waals surface area contributed by atoms with Gasteiger partial charge in [0.05, 0.1) is 7.11 Å². The van der Waals surface area contributed by atoms with E-state index in [1.54, 1.807) is 24.4 Å². The van der Waals surface area contributed by atoms with Crippen LogP contribution in [0.3, 0.4) is 0 Å². The summed E-state index contributed by atoms with van der Waals surface area (Å²) in [5.74, 6) is -0.0208. The Morgan fingerprint density at radius 1 is 0.970 bits per heavy atom. The Balaban J connectivity index is 1.59. The van der Waals surface area contributed by atoms with Crippen LogP contribution in [0.2, 0.25) is 0 Å². The summed E-state index contributed by atoms with van der Waals surface area (Å²) in [6, 6.07) is 24.4. The predicted molar refractivity (Wildman–Crippen MR) is 122 cm³/mol. The number of Topliss-reactive ketones (excluding diaryl/α,β-unsaturated/α-hetero) is 1. The molecule has 2 aliphatic rings. The van der Waals surface area contributed by atoms with Crippen LogP contribution in [0.1, 0.15) is 27.4 Å². The highest BCUT2D eigenvalue weighted by Crippen LogP contribution is 2.44. The van der Waals surface area contributed by atoms with Crippen molar-refractivity contribution in [3.63, 3.8) is 0 Å². The second-order valence-corrected chi connectivity index (χ2v) is 8.11. The molecule has 2 heterocycles. The van der Waals surface area contributed by atoms with E-state index in [1.807, 2.05) is 60.7 Å². The number of carbonyl (C=O) groups is 2. The predicted octanol–water partition coefficient (Wildman–Crippen LogP) is 4.02. The van der Waals surface area contributed by atoms with Crippen LogP contribution in [-0.4, -0.2) is 31.2 Å². The van der Waals surface area contributed by atoms with Gasteiger partial charge in [-0.1, -0.05) is 60.7 Å². The first kappa shape index (κ1) is 20.8. The van der Waals surface area contributed by atoms with E-state index in [2.05, 4.69) is 5.32 Å². The third-order valence-corrected chi connectivity index (χ3v) is 6.19. The summed E-state index contributed by atoms with van der Waals surface area (Å²) in [4.78, 5) is 27.0. The molecule has 0 aliphatic carbocycles. The highest BCUT2D eigenvalue weighted by Gasteiger charge is 2.53. The van der Waals surface area contributed by atoms with Crippen LogP contribution in [0.15, 0.2) is 90.6 Å². The van der Waals surface area contributed by atoms with Gasteiger partial charge in [0.25, 0.3) is 0 Å². The Bertz CT molecular complexity index is 1220. The van der Waals surface area contributed by atoms with E-state index in [-0.39, 0.29) is 12.6 Å². The Labute approximate surface area is 191 Å². The molecular weight excluding hydrogens is 418 g/mol. The van der Waals surface area contributed by atoms with Crippen molar-refractivity contribution in [2.75, 3.05) is 13.9 Å². The Morgan fingerprint density at radius 3 is 2.39 bits per heavy atom. The molecule has 2 atom stereocenters. The maximum absolute atomic E-state index is 13.7. The second-order valence-electron chi connectivity index (χ2n) is 8.11. The van der Waals surface area contributed by atoms with Gasteiger partial charge in [0.2, 0.25) is 6.79 Å². The van der Waals surface area contributed by atoms with Crippen LogP contribution >= 0.6 is 0 Å². The van der Waals surface area contributed by atoms with Gasteiger partial charge in [-0.2, -0.15) is 0 Å². The number of ketones is 1. The molecule has 0 saturated carbocycles. The van der Waals surface area contributed by atoms with Crippen LogP contribution in [0.5, 0.6) is 11.5 Å². The van der Waals surface area contributed by atoms with E-state index >= 15 is 0 Å². The molecule has 0 spiro atoms. The van der Waals surface area contributed by atoms with Gasteiger partial charge in [-0.15, -0.1) is 0 Å². The molecule has 6 nitrogen and oxygen atoms in total. The van der Waals surface area contributed by atoms with E-state index in [0.29, 0.717) is 29.1 Å². The summed E-state index contributed by atoms with van der Waals surface area (Å²) < 4.78 is 16.1. The molecule has 5 rings (SSSR count). The number of hydrogen-bond donors (Lipinski definition) is 1. The first-order chi connectivity index (χ1) is 16.1. The van der Waals surface area contributed by atoms with Crippen molar-refractivity contribution in [2.45, 2.75) is 17.9 Å². The van der Waals surface area contributed by atoms with E-state index in [0.717, 1.165) is 11.1 Å². The number of methoxy groups -OCH3 is 1. The molecular formula is C27H23NO5. The van der Waals surface area contributed by atoms with Gasteiger partial charge in [0.15, 0.2) is 22.8 Å². The molecule has 33 heavy (non-hydrogen) atoms. The van der Waals surface area contributed by atoms with Crippen LogP contribution in [-0.2, 0) is 16.0 Å². The van der Waals surface area contributed by atoms with Gasteiger partial charge in [-0.3, -0.25) is 4.79 Å². The highest BCUT2D eigenvalue weighted by atomic mass is 16.7. The monoisotopic (exact) mass is 441 g/mol. The lowest BCUT2D eigenvalue weighted by molar-refractivity contribution is -0.148. The van der Waals surface area contributed by atoms with Crippen molar-refractivity contribution in [1.82, 2.24) is 5.32 Å². The van der Waals surface area contributed by atoms with Crippen molar-refractivity contribution in [2.24, 2.45) is 0 Å². The third kappa shape index (κ3) is 3.63. The fourth-order valence-electron chi connectivity index (χ4n) is 4.65. The second kappa shape index (κ2) is 8.47. The number of esters is 1. The SMILES string of the molecule is COC(=O)[C@]1(Cc2ccccc2)NC=C(C(=O)c2ccc3c(c2)OCO3)[C@@H]1c1ccccc1. The summed E-state index contributed by atoms with van der Waals surface area (Å²) in [5, 5.41) is 3.26. The van der Waals surface area contributed by atoms with E-state index in [4.69, 9.17) is 14.2 Å². The number of fused-ring (bicyclic) bond motifs is 1.